The van der Waals surface area contributed by atoms with Crippen LogP contribution in [0.3, 0.4) is 0 Å². The molecule has 13 heteroatoms. The number of carbonyl (C=O) groups excluding carboxylic acids is 3. The number of halogens is 5. The highest BCUT2D eigenvalue weighted by Gasteiger charge is 2.49. The quantitative estimate of drug-likeness (QED) is 0.224. The Kier molecular flexibility index (Phi) is 8.85. The number of nitrogens with one attached hydrogen (secondary N) is 2. The number of benzene rings is 2. The molecule has 0 unspecified atom stereocenters. The molecular formula is C31H31F5N2O6. The number of carbonyl (C=O) groups is 3. The zero-order valence-corrected chi connectivity index (χ0v) is 23.9. The number of rotatable bonds is 8. The fraction of sp³-hybridized carbons (Fsp3) is 0.452. The largest absolute Gasteiger partial charge is 0.496 e. The molecule has 3 aliphatic rings. The lowest BCUT2D eigenvalue weighted by Crippen LogP contribution is -2.47. The third-order valence-electron chi connectivity index (χ3n) is 8.60. The van der Waals surface area contributed by atoms with Gasteiger partial charge >= 0.3 is 12.1 Å². The Morgan fingerprint density at radius 3 is 2.25 bits per heavy atom. The normalized spacial score (nSPS) is 25.8. The lowest BCUT2D eigenvalue weighted by atomic mass is 9.87. The summed E-state index contributed by atoms with van der Waals surface area (Å²) in [5, 5.41) is 5.27. The van der Waals surface area contributed by atoms with Crippen molar-refractivity contribution in [3.63, 3.8) is 0 Å². The average Bonchev–Trinajstić information content (AvgIpc) is 3.60. The molecule has 8 nitrogen and oxygen atoms in total. The van der Waals surface area contributed by atoms with Crippen molar-refractivity contribution in [3.05, 3.63) is 65.2 Å². The van der Waals surface area contributed by atoms with E-state index in [-0.39, 0.29) is 52.6 Å². The molecule has 0 saturated heterocycles. The van der Waals surface area contributed by atoms with Crippen LogP contribution >= 0.6 is 0 Å². The van der Waals surface area contributed by atoms with Crippen LogP contribution in [0.25, 0.3) is 0 Å². The van der Waals surface area contributed by atoms with Gasteiger partial charge in [0.15, 0.2) is 11.6 Å². The fourth-order valence-electron chi connectivity index (χ4n) is 6.39. The summed E-state index contributed by atoms with van der Waals surface area (Å²) in [4.78, 5) is 38.7. The van der Waals surface area contributed by atoms with Crippen molar-refractivity contribution in [2.45, 2.75) is 50.4 Å². The van der Waals surface area contributed by atoms with Crippen molar-refractivity contribution < 1.29 is 50.5 Å². The van der Waals surface area contributed by atoms with Crippen LogP contribution in [-0.4, -0.2) is 44.1 Å². The molecule has 2 saturated carbocycles. The number of hydrogen-bond acceptors (Lipinski definition) is 6. The predicted molar refractivity (Wildman–Crippen MR) is 147 cm³/mol. The van der Waals surface area contributed by atoms with Gasteiger partial charge in [-0.2, -0.15) is 13.2 Å². The van der Waals surface area contributed by atoms with E-state index in [1.165, 1.54) is 20.3 Å². The Labute approximate surface area is 249 Å². The van der Waals surface area contributed by atoms with E-state index in [1.807, 2.05) is 12.2 Å². The number of fused-ring (bicyclic) bond motifs is 2. The summed E-state index contributed by atoms with van der Waals surface area (Å²) in [5.41, 5.74) is -1.78. The minimum absolute atomic E-state index is 0.0357. The third kappa shape index (κ3) is 6.36. The van der Waals surface area contributed by atoms with Gasteiger partial charge in [-0.1, -0.05) is 12.2 Å². The molecule has 0 spiro atoms. The topological polar surface area (TPSA) is 103 Å². The van der Waals surface area contributed by atoms with Gasteiger partial charge in [-0.05, 0) is 68.2 Å². The van der Waals surface area contributed by atoms with Gasteiger partial charge in [0, 0.05) is 17.8 Å². The van der Waals surface area contributed by atoms with E-state index in [9.17, 15) is 36.3 Å². The van der Waals surface area contributed by atoms with Crippen LogP contribution in [0.5, 0.6) is 11.5 Å². The first-order valence-corrected chi connectivity index (χ1v) is 14.2. The Morgan fingerprint density at radius 2 is 1.59 bits per heavy atom. The van der Waals surface area contributed by atoms with E-state index >= 15 is 0 Å². The predicted octanol–water partition coefficient (Wildman–Crippen LogP) is 5.66. The monoisotopic (exact) mass is 622 g/mol. The molecule has 4 atom stereocenters. The third-order valence-corrected chi connectivity index (χ3v) is 8.60. The molecule has 0 aliphatic heterocycles. The second kappa shape index (κ2) is 12.4. The van der Waals surface area contributed by atoms with Crippen LogP contribution in [0.2, 0.25) is 0 Å². The van der Waals surface area contributed by atoms with Crippen molar-refractivity contribution in [2.24, 2.45) is 23.7 Å². The summed E-state index contributed by atoms with van der Waals surface area (Å²) >= 11 is 0. The van der Waals surface area contributed by atoms with Gasteiger partial charge in [-0.3, -0.25) is 14.4 Å². The molecular weight excluding hydrogens is 591 g/mol. The summed E-state index contributed by atoms with van der Waals surface area (Å²) in [5.74, 6) is -5.64. The number of ether oxygens (including phenoxy) is 3. The van der Waals surface area contributed by atoms with E-state index in [1.54, 1.807) is 0 Å². The molecule has 236 valence electrons. The van der Waals surface area contributed by atoms with Crippen molar-refractivity contribution >= 4 is 23.5 Å². The smallest absolute Gasteiger partial charge is 0.419 e. The Balaban J connectivity index is 1.31. The number of hydrogen-bond donors (Lipinski definition) is 2. The maximum Gasteiger partial charge on any atom is 0.419 e. The molecule has 2 aromatic rings. The van der Waals surface area contributed by atoms with Crippen LogP contribution in [0.4, 0.5) is 27.6 Å². The van der Waals surface area contributed by atoms with E-state index < -0.39 is 47.1 Å². The number of alkyl halides is 3. The second-order valence-electron chi connectivity index (χ2n) is 11.3. The average molecular weight is 623 g/mol. The molecule has 0 aromatic heterocycles. The van der Waals surface area contributed by atoms with Gasteiger partial charge in [0.05, 0.1) is 43.3 Å². The highest BCUT2D eigenvalue weighted by molar-refractivity contribution is 5.99. The molecule has 0 heterocycles. The molecule has 5 rings (SSSR count). The Morgan fingerprint density at radius 1 is 0.886 bits per heavy atom. The molecule has 2 fully saturated rings. The van der Waals surface area contributed by atoms with E-state index in [4.69, 9.17) is 14.2 Å². The SMILES string of the molecule is COC(=O)C1CCC(Oc2cc(C(=O)N[C@H]3[C@@H](C(=O)Nc4ccc(F)c(C(F)(F)F)c4)[C@@H]4C=C[C@H]3C4)c(OC)cc2F)CC1. The maximum absolute atomic E-state index is 15.0. The number of allylic oxidation sites excluding steroid dienone is 1. The highest BCUT2D eigenvalue weighted by atomic mass is 19.4. The van der Waals surface area contributed by atoms with Crippen molar-refractivity contribution in [1.82, 2.24) is 5.32 Å². The van der Waals surface area contributed by atoms with Gasteiger partial charge in [-0.15, -0.1) is 0 Å². The van der Waals surface area contributed by atoms with Crippen molar-refractivity contribution in [2.75, 3.05) is 19.5 Å². The van der Waals surface area contributed by atoms with E-state index in [0.717, 1.165) is 12.1 Å². The van der Waals surface area contributed by atoms with Crippen LogP contribution in [0.15, 0.2) is 42.5 Å². The zero-order valence-electron chi connectivity index (χ0n) is 23.9. The number of methoxy groups -OCH3 is 2. The summed E-state index contributed by atoms with van der Waals surface area (Å²) in [6, 6.07) is 3.71. The summed E-state index contributed by atoms with van der Waals surface area (Å²) < 4.78 is 84.2. The first kappa shape index (κ1) is 31.3. The van der Waals surface area contributed by atoms with Crippen LogP contribution < -0.4 is 20.1 Å². The lowest BCUT2D eigenvalue weighted by molar-refractivity contribution is -0.147. The first-order chi connectivity index (χ1) is 20.9. The number of anilines is 1. The summed E-state index contributed by atoms with van der Waals surface area (Å²) in [6.45, 7) is 0. The van der Waals surface area contributed by atoms with Gasteiger partial charge in [0.2, 0.25) is 5.91 Å². The van der Waals surface area contributed by atoms with Crippen LogP contribution in [-0.2, 0) is 20.5 Å². The lowest BCUT2D eigenvalue weighted by Gasteiger charge is -2.29. The van der Waals surface area contributed by atoms with Crippen molar-refractivity contribution in [3.8, 4) is 11.5 Å². The van der Waals surface area contributed by atoms with Gasteiger partial charge in [0.25, 0.3) is 5.91 Å². The summed E-state index contributed by atoms with van der Waals surface area (Å²) in [7, 11) is 2.60. The first-order valence-electron chi connectivity index (χ1n) is 14.2. The van der Waals surface area contributed by atoms with Gasteiger partial charge < -0.3 is 24.8 Å². The maximum atomic E-state index is 15.0. The fourth-order valence-corrected chi connectivity index (χ4v) is 6.39. The molecule has 44 heavy (non-hydrogen) atoms. The molecule has 2 N–H and O–H groups in total. The number of esters is 1. The highest BCUT2D eigenvalue weighted by Crippen LogP contribution is 2.45. The standard InChI is InChI=1S/C31H31F5N2O6/c1-42-24-14-23(33)25(44-19-8-5-15(6-9-19)30(41)43-2)13-20(24)28(39)38-27-17-4-3-16(11-17)26(27)29(40)37-18-7-10-22(32)21(12-18)31(34,35)36/h3-4,7,10,12-17,19,26-27H,5-6,8-9,11H2,1-2H3,(H,37,40)(H,38,39)/t15?,16-,17+,19?,26+,27-/m1/s1. The van der Waals surface area contributed by atoms with E-state index in [2.05, 4.69) is 10.6 Å². The minimum atomic E-state index is -4.95. The molecule has 3 aliphatic carbocycles. The number of amides is 2. The Hall–Kier alpha value is -4.16. The minimum Gasteiger partial charge on any atom is -0.496 e. The van der Waals surface area contributed by atoms with Gasteiger partial charge in [0.1, 0.15) is 11.6 Å². The molecule has 2 bridgehead atoms. The molecule has 2 aromatic carbocycles. The van der Waals surface area contributed by atoms with Crippen LogP contribution in [0.1, 0.15) is 48.0 Å². The van der Waals surface area contributed by atoms with Crippen molar-refractivity contribution in [1.29, 1.82) is 0 Å². The van der Waals surface area contributed by atoms with Gasteiger partial charge in [-0.25, -0.2) is 8.78 Å². The van der Waals surface area contributed by atoms with E-state index in [0.29, 0.717) is 44.2 Å². The van der Waals surface area contributed by atoms with Crippen LogP contribution in [0, 0.1) is 35.3 Å². The molecule has 0 radical (unpaired) electrons. The zero-order chi connectivity index (χ0) is 31.8. The second-order valence-corrected chi connectivity index (χ2v) is 11.3. The Bertz CT molecular complexity index is 1470. The summed E-state index contributed by atoms with van der Waals surface area (Å²) in [6.07, 6.45) is 0.877. The molecule has 2 amide bonds.